The molecule has 198 valence electrons. The van der Waals surface area contributed by atoms with Crippen LogP contribution >= 0.6 is 0 Å². The van der Waals surface area contributed by atoms with Gasteiger partial charge in [-0.15, -0.1) is 8.78 Å². The number of ketones is 1. The molecule has 0 spiro atoms. The van der Waals surface area contributed by atoms with Gasteiger partial charge in [0, 0.05) is 22.9 Å². The second-order valence-electron chi connectivity index (χ2n) is 10.1. The quantitative estimate of drug-likeness (QED) is 0.413. The Morgan fingerprint density at radius 1 is 1.27 bits per heavy atom. The summed E-state index contributed by atoms with van der Waals surface area (Å²) < 4.78 is 102. The molecule has 3 aromatic rings. The van der Waals surface area contributed by atoms with Crippen molar-refractivity contribution in [2.24, 2.45) is 0 Å². The van der Waals surface area contributed by atoms with E-state index in [-0.39, 0.29) is 34.1 Å². The maximum Gasteiger partial charge on any atom is 0.586 e. The Balaban J connectivity index is 1.61. The summed E-state index contributed by atoms with van der Waals surface area (Å²) in [5.41, 5.74) is -2.43. The summed E-state index contributed by atoms with van der Waals surface area (Å²) in [7, 11) is 0. The average Bonchev–Trinajstić information content (AvgIpc) is 3.56. The SMILES string of the molecule is [2H]c1c(CC(=O)C2(c3ccc4c(c3)OC(F)(F)O4)CC2)c(F)c([2H])c2c1c([2H])c(C(C)(C)CC)n2C[C@]([2H])(O)C([2H])([2H])O. The van der Waals surface area contributed by atoms with E-state index < -0.39 is 72.0 Å². The van der Waals surface area contributed by atoms with Crippen LogP contribution in [0.1, 0.15) is 65.1 Å². The molecule has 1 atom stereocenters. The molecule has 1 saturated carbocycles. The number of aliphatic hydroxyl groups is 2. The monoisotopic (exact) mass is 523 g/mol. The van der Waals surface area contributed by atoms with Gasteiger partial charge in [-0.25, -0.2) is 4.39 Å². The second-order valence-corrected chi connectivity index (χ2v) is 10.1. The lowest BCUT2D eigenvalue weighted by molar-refractivity contribution is -0.286. The zero-order valence-electron chi connectivity index (χ0n) is 26.5. The molecule has 2 heterocycles. The van der Waals surface area contributed by atoms with Gasteiger partial charge in [0.1, 0.15) is 11.6 Å². The van der Waals surface area contributed by atoms with Gasteiger partial charge in [-0.2, -0.15) is 0 Å². The number of benzene rings is 2. The first kappa shape index (κ1) is 19.1. The number of Topliss-reactive ketones (excluding diaryl/α,β-unsaturated/α-hetero) is 1. The van der Waals surface area contributed by atoms with Crippen LogP contribution in [0.2, 0.25) is 0 Å². The lowest BCUT2D eigenvalue weighted by Crippen LogP contribution is -2.26. The predicted molar refractivity (Wildman–Crippen MR) is 131 cm³/mol. The fourth-order valence-electron chi connectivity index (χ4n) is 4.69. The number of carbonyl (C=O) groups is 1. The zero-order valence-corrected chi connectivity index (χ0v) is 20.5. The molecule has 2 N–H and O–H groups in total. The van der Waals surface area contributed by atoms with Crippen molar-refractivity contribution in [3.63, 3.8) is 0 Å². The van der Waals surface area contributed by atoms with E-state index >= 15 is 4.39 Å². The van der Waals surface area contributed by atoms with Crippen LogP contribution in [0.3, 0.4) is 0 Å². The Bertz CT molecular complexity index is 1660. The fourth-order valence-corrected chi connectivity index (χ4v) is 4.69. The van der Waals surface area contributed by atoms with Gasteiger partial charge in [-0.3, -0.25) is 4.79 Å². The van der Waals surface area contributed by atoms with Crippen molar-refractivity contribution in [2.45, 2.75) is 76.2 Å². The standard InChI is InChI=1S/C28H30F3NO5/c1-4-26(2,3)24-10-17-9-16(20(29)13-21(17)32(24)14-19(34)15-33)11-25(35)27(7-8-27)18-5-6-22-23(12-18)37-28(30,31)36-22/h5-6,9-10,12-13,19,33-34H,4,7-8,11,14-15H2,1-3H3/t19-/m0/s1/i9D,10D,13D,15D2,19D. The van der Waals surface area contributed by atoms with Crippen molar-refractivity contribution >= 4 is 16.7 Å². The van der Waals surface area contributed by atoms with Crippen molar-refractivity contribution in [1.29, 1.82) is 0 Å². The molecule has 0 saturated heterocycles. The molecule has 37 heavy (non-hydrogen) atoms. The molecule has 1 aromatic heterocycles. The van der Waals surface area contributed by atoms with Crippen LogP contribution in [0.4, 0.5) is 13.2 Å². The van der Waals surface area contributed by atoms with Crippen LogP contribution in [-0.2, 0) is 28.6 Å². The molecule has 1 aliphatic carbocycles. The number of aromatic nitrogens is 1. The smallest absolute Gasteiger partial charge is 0.395 e. The van der Waals surface area contributed by atoms with Crippen molar-refractivity contribution in [3.05, 3.63) is 59.0 Å². The van der Waals surface area contributed by atoms with Crippen molar-refractivity contribution < 1.29 is 45.9 Å². The zero-order chi connectivity index (χ0) is 32.1. The van der Waals surface area contributed by atoms with Crippen LogP contribution in [-0.4, -0.2) is 39.5 Å². The second kappa shape index (κ2) is 8.77. The fraction of sp³-hybridized carbons (Fsp3) is 0.464. The molecule has 0 unspecified atom stereocenters. The van der Waals surface area contributed by atoms with Crippen LogP contribution in [0.25, 0.3) is 10.9 Å². The van der Waals surface area contributed by atoms with Gasteiger partial charge in [0.2, 0.25) is 0 Å². The van der Waals surface area contributed by atoms with Crippen LogP contribution in [0.5, 0.6) is 11.5 Å². The Labute approximate surface area is 221 Å². The van der Waals surface area contributed by atoms with Gasteiger partial charge in [0.15, 0.2) is 11.5 Å². The highest BCUT2D eigenvalue weighted by atomic mass is 19.3. The number of rotatable bonds is 9. The first-order valence-corrected chi connectivity index (χ1v) is 11.9. The number of hydrogen-bond acceptors (Lipinski definition) is 5. The molecule has 6 nitrogen and oxygen atoms in total. The molecular weight excluding hydrogens is 487 g/mol. The molecule has 2 aromatic carbocycles. The lowest BCUT2D eigenvalue weighted by Gasteiger charge is -2.26. The lowest BCUT2D eigenvalue weighted by atomic mass is 9.86. The van der Waals surface area contributed by atoms with E-state index in [4.69, 9.17) is 8.22 Å². The number of hydrogen-bond donors (Lipinski definition) is 2. The highest BCUT2D eigenvalue weighted by Crippen LogP contribution is 2.52. The third-order valence-corrected chi connectivity index (χ3v) is 7.33. The van der Waals surface area contributed by atoms with Crippen LogP contribution < -0.4 is 9.47 Å². The van der Waals surface area contributed by atoms with Crippen molar-refractivity contribution in [3.8, 4) is 11.5 Å². The normalized spacial score (nSPS) is 21.8. The van der Waals surface area contributed by atoms with E-state index in [1.54, 1.807) is 20.8 Å². The molecular formula is C28H30F3NO5. The molecule has 0 radical (unpaired) electrons. The maximum atomic E-state index is 15.9. The van der Waals surface area contributed by atoms with E-state index in [2.05, 4.69) is 9.47 Å². The van der Waals surface area contributed by atoms with Crippen molar-refractivity contribution in [2.75, 3.05) is 6.56 Å². The van der Waals surface area contributed by atoms with Gasteiger partial charge in [-0.05, 0) is 60.6 Å². The third kappa shape index (κ3) is 4.48. The summed E-state index contributed by atoms with van der Waals surface area (Å²) in [5, 5.41) is 20.1. The maximum absolute atomic E-state index is 15.9. The molecule has 2 aliphatic rings. The minimum atomic E-state index is -3.85. The Morgan fingerprint density at radius 2 is 1.97 bits per heavy atom. The summed E-state index contributed by atoms with van der Waals surface area (Å²) >= 11 is 0. The highest BCUT2D eigenvalue weighted by molar-refractivity contribution is 5.95. The molecule has 0 amide bonds. The van der Waals surface area contributed by atoms with Gasteiger partial charge in [-0.1, -0.05) is 26.8 Å². The molecule has 5 rings (SSSR count). The molecule has 1 fully saturated rings. The Kier molecular flexibility index (Phi) is 4.52. The largest absolute Gasteiger partial charge is 0.586 e. The van der Waals surface area contributed by atoms with E-state index in [1.165, 1.54) is 18.2 Å². The number of ether oxygens (including phenoxy) is 2. The van der Waals surface area contributed by atoms with Crippen LogP contribution in [0.15, 0.2) is 36.3 Å². The van der Waals surface area contributed by atoms with E-state index in [0.29, 0.717) is 24.8 Å². The predicted octanol–water partition coefficient (Wildman–Crippen LogP) is 4.99. The first-order valence-electron chi connectivity index (χ1n) is 14.9. The van der Waals surface area contributed by atoms with E-state index in [1.807, 2.05) is 0 Å². The van der Waals surface area contributed by atoms with Gasteiger partial charge in [0.05, 0.1) is 38.3 Å². The van der Waals surface area contributed by atoms with Gasteiger partial charge in [0.25, 0.3) is 0 Å². The first-order chi connectivity index (χ1) is 19.7. The van der Waals surface area contributed by atoms with Gasteiger partial charge >= 0.3 is 6.29 Å². The van der Waals surface area contributed by atoms with Crippen molar-refractivity contribution in [1.82, 2.24) is 4.57 Å². The minimum absolute atomic E-state index is 0.0839. The number of nitrogens with zero attached hydrogens (tertiary/aromatic N) is 1. The summed E-state index contributed by atoms with van der Waals surface area (Å²) in [6.45, 7) is 0.774. The number of halogens is 3. The highest BCUT2D eigenvalue weighted by Gasteiger charge is 2.52. The summed E-state index contributed by atoms with van der Waals surface area (Å²) in [6, 6.07) is 2.24. The third-order valence-electron chi connectivity index (χ3n) is 7.33. The van der Waals surface area contributed by atoms with E-state index in [9.17, 15) is 23.8 Å². The topological polar surface area (TPSA) is 80.9 Å². The number of fused-ring (bicyclic) bond motifs is 2. The molecule has 0 bridgehead atoms. The summed E-state index contributed by atoms with van der Waals surface area (Å²) in [6.07, 6.45) is -6.63. The number of alkyl halides is 2. The molecule has 1 aliphatic heterocycles. The number of carbonyl (C=O) groups excluding carboxylic acids is 1. The van der Waals surface area contributed by atoms with Crippen LogP contribution in [0, 0.1) is 5.82 Å². The Morgan fingerprint density at radius 3 is 2.62 bits per heavy atom. The van der Waals surface area contributed by atoms with Gasteiger partial charge < -0.3 is 24.3 Å². The average molecular weight is 524 g/mol. The Hall–Kier alpha value is -3.04. The van der Waals surface area contributed by atoms with E-state index in [0.717, 1.165) is 4.57 Å². The summed E-state index contributed by atoms with van der Waals surface area (Å²) in [4.78, 5) is 13.6. The summed E-state index contributed by atoms with van der Waals surface area (Å²) in [5.74, 6) is -2.23. The molecule has 9 heteroatoms. The minimum Gasteiger partial charge on any atom is -0.395 e.